The number of nitriles is 1. The summed E-state index contributed by atoms with van der Waals surface area (Å²) in [5.74, 6) is 0. The zero-order valence-electron chi connectivity index (χ0n) is 7.13. The molecule has 0 radical (unpaired) electrons. The summed E-state index contributed by atoms with van der Waals surface area (Å²) in [6.07, 6.45) is 1.30. The van der Waals surface area contributed by atoms with Crippen molar-refractivity contribution in [2.45, 2.75) is 19.8 Å². The number of hydrogen-bond acceptors (Lipinski definition) is 2. The number of rotatable bonds is 2. The maximum atomic E-state index is 8.42. The summed E-state index contributed by atoms with van der Waals surface area (Å²) in [6, 6.07) is 2.12. The Kier molecular flexibility index (Phi) is 2.88. The standard InChI is InChI=1S/C8H10BrN3/c1-6-8(9)7(4-3-5-10)12(2)11-6/h3-4H2,1-2H3. The first kappa shape index (κ1) is 9.27. The minimum absolute atomic E-state index is 0.539. The number of aryl methyl sites for hydroxylation is 2. The lowest BCUT2D eigenvalue weighted by atomic mass is 10.2. The van der Waals surface area contributed by atoms with Crippen LogP contribution in [0.15, 0.2) is 4.47 Å². The van der Waals surface area contributed by atoms with Gasteiger partial charge in [0.05, 0.1) is 21.9 Å². The summed E-state index contributed by atoms with van der Waals surface area (Å²) in [5, 5.41) is 12.6. The Morgan fingerprint density at radius 3 is 2.75 bits per heavy atom. The number of aromatic nitrogens is 2. The maximum Gasteiger partial charge on any atom is 0.0738 e. The minimum atomic E-state index is 0.539. The Morgan fingerprint density at radius 1 is 1.67 bits per heavy atom. The second-order valence-electron chi connectivity index (χ2n) is 2.63. The van der Waals surface area contributed by atoms with Gasteiger partial charge in [-0.25, -0.2) is 0 Å². The smallest absolute Gasteiger partial charge is 0.0738 e. The van der Waals surface area contributed by atoms with E-state index < -0.39 is 0 Å². The molecule has 0 saturated heterocycles. The van der Waals surface area contributed by atoms with Gasteiger partial charge in [0.15, 0.2) is 0 Å². The molecule has 1 aromatic rings. The highest BCUT2D eigenvalue weighted by Crippen LogP contribution is 2.20. The van der Waals surface area contributed by atoms with Crippen molar-refractivity contribution >= 4 is 15.9 Å². The van der Waals surface area contributed by atoms with Crippen LogP contribution in [0, 0.1) is 18.3 Å². The Labute approximate surface area is 80.1 Å². The third-order valence-electron chi connectivity index (χ3n) is 1.74. The quantitative estimate of drug-likeness (QED) is 0.776. The van der Waals surface area contributed by atoms with Crippen molar-refractivity contribution in [1.29, 1.82) is 5.26 Å². The molecule has 0 saturated carbocycles. The van der Waals surface area contributed by atoms with Crippen LogP contribution in [0.4, 0.5) is 0 Å². The third-order valence-corrected chi connectivity index (χ3v) is 2.77. The van der Waals surface area contributed by atoms with E-state index in [0.29, 0.717) is 6.42 Å². The van der Waals surface area contributed by atoms with Gasteiger partial charge in [-0.1, -0.05) is 0 Å². The van der Waals surface area contributed by atoms with E-state index in [2.05, 4.69) is 27.1 Å². The van der Waals surface area contributed by atoms with E-state index in [1.807, 2.05) is 18.7 Å². The molecule has 1 heterocycles. The number of nitrogens with zero attached hydrogens (tertiary/aromatic N) is 3. The van der Waals surface area contributed by atoms with Crippen molar-refractivity contribution in [3.05, 3.63) is 15.9 Å². The molecule has 1 aromatic heterocycles. The lowest BCUT2D eigenvalue weighted by molar-refractivity contribution is 0.701. The average Bonchev–Trinajstić information content (AvgIpc) is 2.25. The molecule has 0 fully saturated rings. The predicted octanol–water partition coefficient (Wildman–Crippen LogP) is 1.95. The van der Waals surface area contributed by atoms with Crippen LogP contribution in [-0.4, -0.2) is 9.78 Å². The van der Waals surface area contributed by atoms with E-state index in [9.17, 15) is 0 Å². The molecule has 4 heteroatoms. The monoisotopic (exact) mass is 227 g/mol. The predicted molar refractivity (Wildman–Crippen MR) is 49.6 cm³/mol. The second kappa shape index (κ2) is 3.72. The molecule has 0 aromatic carbocycles. The van der Waals surface area contributed by atoms with Gasteiger partial charge < -0.3 is 0 Å². The molecule has 0 amide bonds. The largest absolute Gasteiger partial charge is 0.271 e. The first-order valence-corrected chi connectivity index (χ1v) is 4.51. The SMILES string of the molecule is Cc1nn(C)c(CCC#N)c1Br. The molecule has 0 aliphatic heterocycles. The summed E-state index contributed by atoms with van der Waals surface area (Å²) < 4.78 is 2.84. The fourth-order valence-corrected chi connectivity index (χ4v) is 1.66. The van der Waals surface area contributed by atoms with Gasteiger partial charge >= 0.3 is 0 Å². The van der Waals surface area contributed by atoms with Crippen molar-refractivity contribution < 1.29 is 0 Å². The van der Waals surface area contributed by atoms with Gasteiger partial charge in [0.2, 0.25) is 0 Å². The van der Waals surface area contributed by atoms with Crippen molar-refractivity contribution in [3.8, 4) is 6.07 Å². The van der Waals surface area contributed by atoms with Crippen LogP contribution in [-0.2, 0) is 13.5 Å². The first-order valence-electron chi connectivity index (χ1n) is 3.71. The van der Waals surface area contributed by atoms with Gasteiger partial charge in [0, 0.05) is 19.9 Å². The molecule has 1 rings (SSSR count). The molecule has 0 spiro atoms. The van der Waals surface area contributed by atoms with Crippen LogP contribution in [0.2, 0.25) is 0 Å². The van der Waals surface area contributed by atoms with Crippen molar-refractivity contribution in [1.82, 2.24) is 9.78 Å². The second-order valence-corrected chi connectivity index (χ2v) is 3.42. The van der Waals surface area contributed by atoms with Crippen LogP contribution in [0.1, 0.15) is 17.8 Å². The van der Waals surface area contributed by atoms with E-state index >= 15 is 0 Å². The summed E-state index contributed by atoms with van der Waals surface area (Å²) in [7, 11) is 1.89. The Balaban J connectivity index is 2.91. The molecular formula is C8H10BrN3. The lowest BCUT2D eigenvalue weighted by Crippen LogP contribution is -1.97. The number of halogens is 1. The molecule has 64 valence electrons. The van der Waals surface area contributed by atoms with Crippen LogP contribution < -0.4 is 0 Å². The van der Waals surface area contributed by atoms with Gasteiger partial charge in [0.25, 0.3) is 0 Å². The molecule has 0 N–H and O–H groups in total. The highest BCUT2D eigenvalue weighted by Gasteiger charge is 2.08. The first-order chi connectivity index (χ1) is 5.66. The Bertz CT molecular complexity index is 322. The topological polar surface area (TPSA) is 41.6 Å². The molecule has 3 nitrogen and oxygen atoms in total. The molecule has 0 unspecified atom stereocenters. The molecule has 0 atom stereocenters. The molecular weight excluding hydrogens is 218 g/mol. The van der Waals surface area contributed by atoms with Gasteiger partial charge in [-0.2, -0.15) is 10.4 Å². The fourth-order valence-electron chi connectivity index (χ4n) is 1.13. The summed E-state index contributed by atoms with van der Waals surface area (Å²) in [4.78, 5) is 0. The van der Waals surface area contributed by atoms with E-state index in [-0.39, 0.29) is 0 Å². The van der Waals surface area contributed by atoms with Gasteiger partial charge in [0.1, 0.15) is 0 Å². The Morgan fingerprint density at radius 2 is 2.33 bits per heavy atom. The molecule has 0 aliphatic carbocycles. The summed E-state index contributed by atoms with van der Waals surface area (Å²) in [5.41, 5.74) is 2.07. The van der Waals surface area contributed by atoms with E-state index in [1.165, 1.54) is 0 Å². The molecule has 0 aliphatic rings. The van der Waals surface area contributed by atoms with Crippen molar-refractivity contribution in [2.24, 2.45) is 7.05 Å². The number of hydrogen-bond donors (Lipinski definition) is 0. The molecule has 12 heavy (non-hydrogen) atoms. The Hall–Kier alpha value is -0.820. The zero-order chi connectivity index (χ0) is 9.14. The highest BCUT2D eigenvalue weighted by molar-refractivity contribution is 9.10. The highest BCUT2D eigenvalue weighted by atomic mass is 79.9. The molecule has 0 bridgehead atoms. The van der Waals surface area contributed by atoms with Crippen LogP contribution in [0.3, 0.4) is 0 Å². The summed E-state index contributed by atoms with van der Waals surface area (Å²) in [6.45, 7) is 1.94. The van der Waals surface area contributed by atoms with E-state index in [0.717, 1.165) is 22.3 Å². The van der Waals surface area contributed by atoms with Gasteiger partial charge in [-0.05, 0) is 22.9 Å². The van der Waals surface area contributed by atoms with Crippen molar-refractivity contribution in [2.75, 3.05) is 0 Å². The lowest BCUT2D eigenvalue weighted by Gasteiger charge is -1.97. The normalized spacial score (nSPS) is 9.83. The maximum absolute atomic E-state index is 8.42. The van der Waals surface area contributed by atoms with E-state index in [1.54, 1.807) is 0 Å². The van der Waals surface area contributed by atoms with Gasteiger partial charge in [-0.15, -0.1) is 0 Å². The van der Waals surface area contributed by atoms with Crippen LogP contribution in [0.25, 0.3) is 0 Å². The average molecular weight is 228 g/mol. The fraction of sp³-hybridized carbons (Fsp3) is 0.500. The zero-order valence-corrected chi connectivity index (χ0v) is 8.72. The third kappa shape index (κ3) is 1.67. The summed E-state index contributed by atoms with van der Waals surface area (Å²) >= 11 is 3.44. The minimum Gasteiger partial charge on any atom is -0.271 e. The van der Waals surface area contributed by atoms with Crippen molar-refractivity contribution in [3.63, 3.8) is 0 Å². The van der Waals surface area contributed by atoms with Gasteiger partial charge in [-0.3, -0.25) is 4.68 Å². The van der Waals surface area contributed by atoms with E-state index in [4.69, 9.17) is 5.26 Å². The van der Waals surface area contributed by atoms with Crippen LogP contribution >= 0.6 is 15.9 Å². The van der Waals surface area contributed by atoms with Crippen LogP contribution in [0.5, 0.6) is 0 Å².